The van der Waals surface area contributed by atoms with Crippen LogP contribution in [0.25, 0.3) is 0 Å². The van der Waals surface area contributed by atoms with Gasteiger partial charge in [-0.05, 0) is 37.8 Å². The number of nitrogens with two attached hydrogens (primary N) is 1. The lowest BCUT2D eigenvalue weighted by Crippen LogP contribution is -2.29. The first-order chi connectivity index (χ1) is 7.87. The number of hydrogen-bond acceptors (Lipinski definition) is 4. The third kappa shape index (κ3) is 3.87. The fourth-order valence-electron chi connectivity index (χ4n) is 1.37. The van der Waals surface area contributed by atoms with Crippen LogP contribution in [-0.4, -0.2) is 27.8 Å². The standard InChI is InChI=1S/C12H19NO3Si/c1-15-12-7-9(10(14)8-13)5-6-11(12)16-17(2,3)4/h5-7H,8,13H2,1-4H3. The molecule has 0 aliphatic carbocycles. The van der Waals surface area contributed by atoms with Gasteiger partial charge in [0.15, 0.2) is 11.5 Å². The van der Waals surface area contributed by atoms with Gasteiger partial charge in [-0.1, -0.05) is 0 Å². The van der Waals surface area contributed by atoms with E-state index in [-0.39, 0.29) is 12.3 Å². The maximum absolute atomic E-state index is 11.5. The van der Waals surface area contributed by atoms with Gasteiger partial charge in [-0.15, -0.1) is 0 Å². The van der Waals surface area contributed by atoms with E-state index in [0.717, 1.165) is 0 Å². The molecule has 0 atom stereocenters. The Morgan fingerprint density at radius 3 is 2.41 bits per heavy atom. The van der Waals surface area contributed by atoms with Crippen LogP contribution in [0.15, 0.2) is 18.2 Å². The van der Waals surface area contributed by atoms with E-state index in [9.17, 15) is 4.79 Å². The zero-order valence-electron chi connectivity index (χ0n) is 10.7. The van der Waals surface area contributed by atoms with Crippen LogP contribution < -0.4 is 14.9 Å². The first kappa shape index (κ1) is 13.7. The molecule has 0 unspecified atom stereocenters. The van der Waals surface area contributed by atoms with Gasteiger partial charge >= 0.3 is 0 Å². The molecule has 0 fully saturated rings. The number of benzene rings is 1. The van der Waals surface area contributed by atoms with E-state index in [2.05, 4.69) is 19.6 Å². The minimum Gasteiger partial charge on any atom is -0.542 e. The lowest BCUT2D eigenvalue weighted by atomic mass is 10.1. The molecule has 0 bridgehead atoms. The molecular weight excluding hydrogens is 234 g/mol. The number of carbonyl (C=O) groups is 1. The van der Waals surface area contributed by atoms with Crippen LogP contribution in [-0.2, 0) is 0 Å². The number of ketones is 1. The molecule has 1 aromatic rings. The zero-order valence-corrected chi connectivity index (χ0v) is 11.7. The molecule has 0 spiro atoms. The monoisotopic (exact) mass is 253 g/mol. The van der Waals surface area contributed by atoms with Gasteiger partial charge in [-0.3, -0.25) is 4.79 Å². The van der Waals surface area contributed by atoms with Crippen molar-refractivity contribution in [3.63, 3.8) is 0 Å². The van der Waals surface area contributed by atoms with Crippen LogP contribution in [0.2, 0.25) is 19.6 Å². The third-order valence-electron chi connectivity index (χ3n) is 2.09. The summed E-state index contributed by atoms with van der Waals surface area (Å²) in [7, 11) is -0.130. The van der Waals surface area contributed by atoms with Crippen molar-refractivity contribution in [3.8, 4) is 11.5 Å². The Morgan fingerprint density at radius 1 is 1.29 bits per heavy atom. The van der Waals surface area contributed by atoms with Crippen molar-refractivity contribution in [3.05, 3.63) is 23.8 Å². The Bertz CT molecular complexity index is 413. The Labute approximate surface area is 103 Å². The van der Waals surface area contributed by atoms with Gasteiger partial charge in [0.05, 0.1) is 13.7 Å². The summed E-state index contributed by atoms with van der Waals surface area (Å²) in [4.78, 5) is 11.5. The van der Waals surface area contributed by atoms with Gasteiger partial charge in [0.2, 0.25) is 8.32 Å². The highest BCUT2D eigenvalue weighted by molar-refractivity contribution is 6.70. The lowest BCUT2D eigenvalue weighted by molar-refractivity contribution is 0.100. The SMILES string of the molecule is COc1cc(C(=O)CN)ccc1O[Si](C)(C)C. The molecule has 0 amide bonds. The Hall–Kier alpha value is -1.33. The van der Waals surface area contributed by atoms with Crippen LogP contribution in [0.3, 0.4) is 0 Å². The third-order valence-corrected chi connectivity index (χ3v) is 2.92. The van der Waals surface area contributed by atoms with Gasteiger partial charge in [-0.2, -0.15) is 0 Å². The molecular formula is C12H19NO3Si. The van der Waals surface area contributed by atoms with Crippen molar-refractivity contribution < 1.29 is 14.0 Å². The Kier molecular flexibility index (Phi) is 4.31. The van der Waals surface area contributed by atoms with E-state index in [1.165, 1.54) is 0 Å². The second-order valence-electron chi connectivity index (χ2n) is 4.71. The fraction of sp³-hybridized carbons (Fsp3) is 0.417. The van der Waals surface area contributed by atoms with Crippen molar-refractivity contribution in [1.29, 1.82) is 0 Å². The molecule has 1 aromatic carbocycles. The van der Waals surface area contributed by atoms with E-state index in [0.29, 0.717) is 17.1 Å². The quantitative estimate of drug-likeness (QED) is 0.644. The Morgan fingerprint density at radius 2 is 1.94 bits per heavy atom. The number of carbonyl (C=O) groups excluding carboxylic acids is 1. The predicted octanol–water partition coefficient (Wildman–Crippen LogP) is 2.05. The number of ether oxygens (including phenoxy) is 1. The molecule has 4 nitrogen and oxygen atoms in total. The second kappa shape index (κ2) is 5.33. The van der Waals surface area contributed by atoms with E-state index >= 15 is 0 Å². The van der Waals surface area contributed by atoms with Crippen LogP contribution in [0.4, 0.5) is 0 Å². The van der Waals surface area contributed by atoms with Gasteiger partial charge in [-0.25, -0.2) is 0 Å². The molecule has 0 saturated heterocycles. The first-order valence-corrected chi connectivity index (χ1v) is 8.88. The van der Waals surface area contributed by atoms with E-state index in [4.69, 9.17) is 14.9 Å². The van der Waals surface area contributed by atoms with Crippen molar-refractivity contribution in [1.82, 2.24) is 0 Å². The van der Waals surface area contributed by atoms with Crippen molar-refractivity contribution >= 4 is 14.1 Å². The summed E-state index contributed by atoms with van der Waals surface area (Å²) in [6.07, 6.45) is 0. The molecule has 0 aliphatic rings. The molecule has 0 aromatic heterocycles. The maximum Gasteiger partial charge on any atom is 0.242 e. The summed E-state index contributed by atoms with van der Waals surface area (Å²) in [6, 6.07) is 5.15. The van der Waals surface area contributed by atoms with Crippen LogP contribution in [0.1, 0.15) is 10.4 Å². The van der Waals surface area contributed by atoms with E-state index < -0.39 is 8.32 Å². The lowest BCUT2D eigenvalue weighted by Gasteiger charge is -2.21. The van der Waals surface area contributed by atoms with Crippen molar-refractivity contribution in [2.45, 2.75) is 19.6 Å². The van der Waals surface area contributed by atoms with E-state index in [1.807, 2.05) is 0 Å². The summed E-state index contributed by atoms with van der Waals surface area (Å²) in [6.45, 7) is 6.26. The molecule has 0 heterocycles. The number of methoxy groups -OCH3 is 1. The Balaban J connectivity index is 3.05. The summed E-state index contributed by atoms with van der Waals surface area (Å²) < 4.78 is 11.1. The molecule has 1 rings (SSSR count). The minimum atomic E-state index is -1.69. The van der Waals surface area contributed by atoms with Crippen LogP contribution >= 0.6 is 0 Å². The van der Waals surface area contributed by atoms with Gasteiger partial charge in [0, 0.05) is 5.56 Å². The van der Waals surface area contributed by atoms with Gasteiger partial charge in [0.25, 0.3) is 0 Å². The minimum absolute atomic E-state index is 0.00260. The number of hydrogen-bond donors (Lipinski definition) is 1. The summed E-state index contributed by atoms with van der Waals surface area (Å²) >= 11 is 0. The molecule has 17 heavy (non-hydrogen) atoms. The van der Waals surface area contributed by atoms with Crippen molar-refractivity contribution in [2.24, 2.45) is 5.73 Å². The van der Waals surface area contributed by atoms with Gasteiger partial charge < -0.3 is 14.9 Å². The highest BCUT2D eigenvalue weighted by Crippen LogP contribution is 2.30. The van der Waals surface area contributed by atoms with Crippen LogP contribution in [0, 0.1) is 0 Å². The van der Waals surface area contributed by atoms with Crippen LogP contribution in [0.5, 0.6) is 11.5 Å². The van der Waals surface area contributed by atoms with Gasteiger partial charge in [0.1, 0.15) is 5.75 Å². The smallest absolute Gasteiger partial charge is 0.242 e. The zero-order chi connectivity index (χ0) is 13.1. The van der Waals surface area contributed by atoms with Crippen molar-refractivity contribution in [2.75, 3.05) is 13.7 Å². The number of Topliss-reactive ketones (excluding diaryl/α,β-unsaturated/α-hetero) is 1. The molecule has 0 radical (unpaired) electrons. The summed E-state index contributed by atoms with van der Waals surface area (Å²) in [5.74, 6) is 1.15. The highest BCUT2D eigenvalue weighted by atomic mass is 28.4. The normalized spacial score (nSPS) is 11.1. The number of rotatable bonds is 5. The molecule has 0 saturated carbocycles. The largest absolute Gasteiger partial charge is 0.542 e. The average molecular weight is 253 g/mol. The maximum atomic E-state index is 11.5. The molecule has 5 heteroatoms. The van der Waals surface area contributed by atoms with E-state index in [1.54, 1.807) is 25.3 Å². The predicted molar refractivity (Wildman–Crippen MR) is 70.4 cm³/mol. The fourth-order valence-corrected chi connectivity index (χ4v) is 2.20. The molecule has 94 valence electrons. The topological polar surface area (TPSA) is 61.5 Å². The highest BCUT2D eigenvalue weighted by Gasteiger charge is 2.19. The summed E-state index contributed by atoms with van der Waals surface area (Å²) in [5.41, 5.74) is 5.87. The molecule has 2 N–H and O–H groups in total. The molecule has 0 aliphatic heterocycles. The summed E-state index contributed by atoms with van der Waals surface area (Å²) in [5, 5.41) is 0. The first-order valence-electron chi connectivity index (χ1n) is 5.47. The second-order valence-corrected chi connectivity index (χ2v) is 9.14. The average Bonchev–Trinajstić information content (AvgIpc) is 2.26.